The van der Waals surface area contributed by atoms with Crippen LogP contribution in [0.15, 0.2) is 21.8 Å². The number of nitrogens with one attached hydrogen (secondary N) is 1. The fourth-order valence-corrected chi connectivity index (χ4v) is 3.17. The molecule has 0 radical (unpaired) electrons. The number of hydrogen-bond acceptors (Lipinski definition) is 5. The van der Waals surface area contributed by atoms with Crippen LogP contribution in [-0.4, -0.2) is 35.1 Å². The number of H-pyrrole nitrogens is 1. The Morgan fingerprint density at radius 1 is 1.45 bits per heavy atom. The molecule has 0 atom stereocenters. The van der Waals surface area contributed by atoms with E-state index < -0.39 is 10.0 Å². The molecule has 2 heterocycles. The number of nitrogens with zero attached hydrogens (tertiary/aromatic N) is 2. The zero-order valence-corrected chi connectivity index (χ0v) is 12.4. The number of aliphatic hydroxyl groups is 1. The van der Waals surface area contributed by atoms with Gasteiger partial charge in [0.2, 0.25) is 0 Å². The van der Waals surface area contributed by atoms with Crippen LogP contribution in [0.4, 0.5) is 0 Å². The Hall–Kier alpha value is -1.64. The fourth-order valence-electron chi connectivity index (χ4n) is 1.88. The minimum absolute atomic E-state index is 0.138. The maximum Gasteiger partial charge on any atom is 0.262 e. The molecular formula is C12H17N3O4S. The number of aliphatic hydroxyl groups excluding tert-OH is 1. The van der Waals surface area contributed by atoms with Crippen LogP contribution in [0.5, 0.6) is 0 Å². The average molecular weight is 299 g/mol. The third-order valence-electron chi connectivity index (χ3n) is 3.21. The lowest BCUT2D eigenvalue weighted by atomic mass is 10.3. The summed E-state index contributed by atoms with van der Waals surface area (Å²) in [4.78, 5) is 0. The van der Waals surface area contributed by atoms with E-state index in [1.54, 1.807) is 19.9 Å². The van der Waals surface area contributed by atoms with Gasteiger partial charge in [0.25, 0.3) is 10.0 Å². The summed E-state index contributed by atoms with van der Waals surface area (Å²) in [5, 5.41) is 15.5. The summed E-state index contributed by atoms with van der Waals surface area (Å²) in [7, 11) is -2.30. The monoisotopic (exact) mass is 299 g/mol. The van der Waals surface area contributed by atoms with Gasteiger partial charge < -0.3 is 9.52 Å². The zero-order chi connectivity index (χ0) is 14.9. The Morgan fingerprint density at radius 2 is 2.15 bits per heavy atom. The highest BCUT2D eigenvalue weighted by Crippen LogP contribution is 2.22. The summed E-state index contributed by atoms with van der Waals surface area (Å²) < 4.78 is 31.3. The molecule has 110 valence electrons. The van der Waals surface area contributed by atoms with Crippen molar-refractivity contribution in [2.24, 2.45) is 0 Å². The van der Waals surface area contributed by atoms with Crippen LogP contribution in [0, 0.1) is 13.8 Å². The first-order valence-electron chi connectivity index (χ1n) is 6.02. The summed E-state index contributed by atoms with van der Waals surface area (Å²) in [5.41, 5.74) is 1.62. The largest absolute Gasteiger partial charge is 0.469 e. The van der Waals surface area contributed by atoms with Crippen LogP contribution in [0.25, 0.3) is 0 Å². The van der Waals surface area contributed by atoms with Gasteiger partial charge >= 0.3 is 0 Å². The van der Waals surface area contributed by atoms with Crippen molar-refractivity contribution in [1.82, 2.24) is 14.5 Å². The third kappa shape index (κ3) is 2.49. The molecule has 0 unspecified atom stereocenters. The molecule has 0 aliphatic heterocycles. The van der Waals surface area contributed by atoms with Gasteiger partial charge in [0.05, 0.1) is 12.9 Å². The molecule has 0 fully saturated rings. The molecule has 20 heavy (non-hydrogen) atoms. The minimum atomic E-state index is -3.76. The highest BCUT2D eigenvalue weighted by Gasteiger charge is 2.28. The lowest BCUT2D eigenvalue weighted by Crippen LogP contribution is -2.27. The second-order valence-corrected chi connectivity index (χ2v) is 6.51. The predicted molar refractivity (Wildman–Crippen MR) is 71.3 cm³/mol. The SMILES string of the molecule is Cc1[nH]nc(S(=O)(=O)N(C)Cc2ccoc2C)c1CO. The molecule has 0 saturated carbocycles. The lowest BCUT2D eigenvalue weighted by molar-refractivity contribution is 0.277. The predicted octanol–water partition coefficient (Wildman–Crippen LogP) is 0.933. The van der Waals surface area contributed by atoms with E-state index in [0.29, 0.717) is 17.0 Å². The standard InChI is InChI=1S/C12H17N3O4S/c1-8-11(7-16)12(14-13-8)20(17,18)15(3)6-10-4-5-19-9(10)2/h4-5,16H,6-7H2,1-3H3,(H,13,14). The van der Waals surface area contributed by atoms with Gasteiger partial charge in [-0.1, -0.05) is 0 Å². The molecule has 8 heteroatoms. The van der Waals surface area contributed by atoms with Crippen molar-refractivity contribution in [2.45, 2.75) is 32.0 Å². The van der Waals surface area contributed by atoms with Gasteiger partial charge in [0.1, 0.15) is 5.76 Å². The van der Waals surface area contributed by atoms with Crippen LogP contribution in [0.2, 0.25) is 0 Å². The van der Waals surface area contributed by atoms with Gasteiger partial charge in [0.15, 0.2) is 5.03 Å². The quantitative estimate of drug-likeness (QED) is 0.855. The lowest BCUT2D eigenvalue weighted by Gasteiger charge is -2.16. The number of aromatic nitrogens is 2. The van der Waals surface area contributed by atoms with Crippen molar-refractivity contribution in [3.05, 3.63) is 34.9 Å². The number of aromatic amines is 1. The number of hydrogen-bond donors (Lipinski definition) is 2. The van der Waals surface area contributed by atoms with Gasteiger partial charge in [0, 0.05) is 30.4 Å². The molecule has 2 rings (SSSR count). The third-order valence-corrected chi connectivity index (χ3v) is 4.98. The molecule has 0 amide bonds. The second-order valence-electron chi connectivity index (χ2n) is 4.55. The first kappa shape index (κ1) is 14.8. The van der Waals surface area contributed by atoms with E-state index in [9.17, 15) is 13.5 Å². The highest BCUT2D eigenvalue weighted by molar-refractivity contribution is 7.89. The molecule has 0 bridgehead atoms. The Bertz CT molecular complexity index is 702. The molecule has 2 aromatic rings. The normalized spacial score (nSPS) is 12.2. The van der Waals surface area contributed by atoms with Crippen molar-refractivity contribution in [1.29, 1.82) is 0 Å². The van der Waals surface area contributed by atoms with Crippen molar-refractivity contribution < 1.29 is 17.9 Å². The summed E-state index contributed by atoms with van der Waals surface area (Å²) >= 11 is 0. The van der Waals surface area contributed by atoms with E-state index in [0.717, 1.165) is 5.56 Å². The molecule has 2 N–H and O–H groups in total. The average Bonchev–Trinajstić information content (AvgIpc) is 2.96. The van der Waals surface area contributed by atoms with E-state index in [-0.39, 0.29) is 18.2 Å². The van der Waals surface area contributed by atoms with Gasteiger partial charge in [-0.05, 0) is 19.9 Å². The molecule has 0 aromatic carbocycles. The van der Waals surface area contributed by atoms with Gasteiger partial charge in [-0.2, -0.15) is 9.40 Å². The summed E-state index contributed by atoms with van der Waals surface area (Å²) in [5.74, 6) is 0.674. The first-order chi connectivity index (χ1) is 9.37. The van der Waals surface area contributed by atoms with Crippen molar-refractivity contribution in [3.8, 4) is 0 Å². The van der Waals surface area contributed by atoms with Crippen LogP contribution >= 0.6 is 0 Å². The van der Waals surface area contributed by atoms with Gasteiger partial charge in [-0.25, -0.2) is 8.42 Å². The topological polar surface area (TPSA) is 99.4 Å². The van der Waals surface area contributed by atoms with Gasteiger partial charge in [-0.3, -0.25) is 5.10 Å². The van der Waals surface area contributed by atoms with Crippen LogP contribution < -0.4 is 0 Å². The number of furan rings is 1. The second kappa shape index (κ2) is 5.39. The van der Waals surface area contributed by atoms with Crippen LogP contribution in [0.1, 0.15) is 22.6 Å². The van der Waals surface area contributed by atoms with E-state index in [2.05, 4.69) is 10.2 Å². The zero-order valence-electron chi connectivity index (χ0n) is 11.5. The van der Waals surface area contributed by atoms with Crippen LogP contribution in [0.3, 0.4) is 0 Å². The summed E-state index contributed by atoms with van der Waals surface area (Å²) in [6.45, 7) is 3.24. The summed E-state index contributed by atoms with van der Waals surface area (Å²) in [6.07, 6.45) is 1.52. The molecule has 0 aliphatic rings. The Balaban J connectivity index is 2.32. The first-order valence-corrected chi connectivity index (χ1v) is 7.46. The van der Waals surface area contributed by atoms with E-state index >= 15 is 0 Å². The summed E-state index contributed by atoms with van der Waals surface area (Å²) in [6, 6.07) is 1.73. The van der Waals surface area contributed by atoms with E-state index in [4.69, 9.17) is 4.42 Å². The maximum atomic E-state index is 12.5. The smallest absolute Gasteiger partial charge is 0.262 e. The highest BCUT2D eigenvalue weighted by atomic mass is 32.2. The van der Waals surface area contributed by atoms with Crippen molar-refractivity contribution in [2.75, 3.05) is 7.05 Å². The maximum absolute atomic E-state index is 12.5. The number of rotatable bonds is 5. The molecule has 0 saturated heterocycles. The minimum Gasteiger partial charge on any atom is -0.469 e. The molecule has 0 aliphatic carbocycles. The Morgan fingerprint density at radius 3 is 2.70 bits per heavy atom. The molecule has 0 spiro atoms. The van der Waals surface area contributed by atoms with E-state index in [1.807, 2.05) is 0 Å². The molecular weight excluding hydrogens is 282 g/mol. The number of aryl methyl sites for hydroxylation is 2. The molecule has 2 aromatic heterocycles. The van der Waals surface area contributed by atoms with Crippen molar-refractivity contribution in [3.63, 3.8) is 0 Å². The molecule has 7 nitrogen and oxygen atoms in total. The van der Waals surface area contributed by atoms with E-state index in [1.165, 1.54) is 17.6 Å². The fraction of sp³-hybridized carbons (Fsp3) is 0.417. The van der Waals surface area contributed by atoms with Crippen molar-refractivity contribution >= 4 is 10.0 Å². The number of sulfonamides is 1. The Labute approximate surface area is 117 Å². The Kier molecular flexibility index (Phi) is 3.98. The van der Waals surface area contributed by atoms with Gasteiger partial charge in [-0.15, -0.1) is 0 Å². The van der Waals surface area contributed by atoms with Crippen LogP contribution in [-0.2, 0) is 23.2 Å².